The highest BCUT2D eigenvalue weighted by atomic mass is 32.1. The number of nitrogen functional groups attached to an aromatic ring is 1. The third kappa shape index (κ3) is 3.42. The van der Waals surface area contributed by atoms with E-state index in [2.05, 4.69) is 16.6 Å². The first-order valence-corrected chi connectivity index (χ1v) is 8.09. The molecule has 1 saturated carbocycles. The van der Waals surface area contributed by atoms with E-state index >= 15 is 0 Å². The minimum atomic E-state index is -0.387. The van der Waals surface area contributed by atoms with E-state index in [1.807, 2.05) is 0 Å². The van der Waals surface area contributed by atoms with Crippen molar-refractivity contribution >= 4 is 28.3 Å². The predicted molar refractivity (Wildman–Crippen MR) is 82.1 cm³/mol. The van der Waals surface area contributed by atoms with Crippen LogP contribution in [0.25, 0.3) is 0 Å². The summed E-state index contributed by atoms with van der Waals surface area (Å²) in [5.74, 6) is 0.468. The van der Waals surface area contributed by atoms with Gasteiger partial charge in [0.05, 0.1) is 6.61 Å². The molecule has 112 valence electrons. The molecule has 1 fully saturated rings. The number of rotatable bonds is 4. The average molecular weight is 297 g/mol. The van der Waals surface area contributed by atoms with Crippen LogP contribution < -0.4 is 11.1 Å². The van der Waals surface area contributed by atoms with E-state index in [1.54, 1.807) is 6.92 Å². The molecule has 1 aliphatic rings. The largest absolute Gasteiger partial charge is 0.462 e. The molecule has 1 heterocycles. The fourth-order valence-electron chi connectivity index (χ4n) is 2.68. The molecule has 2 unspecified atom stereocenters. The van der Waals surface area contributed by atoms with Crippen LogP contribution in [0.5, 0.6) is 0 Å². The molecule has 0 aromatic carbocycles. The van der Waals surface area contributed by atoms with E-state index in [9.17, 15) is 4.79 Å². The third-order valence-corrected chi connectivity index (χ3v) is 4.67. The SMILES string of the molecule is CCOC(=O)c1c(N)nsc1NC1CCCCCC1C. The molecule has 1 aliphatic carbocycles. The van der Waals surface area contributed by atoms with Gasteiger partial charge in [-0.3, -0.25) is 0 Å². The molecule has 0 amide bonds. The lowest BCUT2D eigenvalue weighted by atomic mass is 9.97. The molecule has 2 rings (SSSR count). The summed E-state index contributed by atoms with van der Waals surface area (Å²) in [4.78, 5) is 12.0. The molecule has 0 aliphatic heterocycles. The summed E-state index contributed by atoms with van der Waals surface area (Å²) in [6, 6.07) is 0.380. The smallest absolute Gasteiger partial charge is 0.344 e. The number of nitrogens with zero attached hydrogens (tertiary/aromatic N) is 1. The van der Waals surface area contributed by atoms with Crippen molar-refractivity contribution in [3.05, 3.63) is 5.56 Å². The molecule has 0 radical (unpaired) electrons. The summed E-state index contributed by atoms with van der Waals surface area (Å²) in [7, 11) is 0. The number of carbonyl (C=O) groups is 1. The zero-order valence-corrected chi connectivity index (χ0v) is 13.0. The van der Waals surface area contributed by atoms with Gasteiger partial charge in [-0.05, 0) is 37.2 Å². The summed E-state index contributed by atoms with van der Waals surface area (Å²) in [6.45, 7) is 4.39. The van der Waals surface area contributed by atoms with Crippen molar-refractivity contribution in [2.24, 2.45) is 5.92 Å². The molecular weight excluding hydrogens is 274 g/mol. The van der Waals surface area contributed by atoms with Gasteiger partial charge in [0.2, 0.25) is 0 Å². The molecule has 1 aromatic heterocycles. The van der Waals surface area contributed by atoms with Gasteiger partial charge in [0.15, 0.2) is 5.82 Å². The number of nitrogens with two attached hydrogens (primary N) is 1. The highest BCUT2D eigenvalue weighted by molar-refractivity contribution is 7.11. The Hall–Kier alpha value is -1.30. The van der Waals surface area contributed by atoms with Gasteiger partial charge in [0.1, 0.15) is 10.6 Å². The maximum Gasteiger partial charge on any atom is 0.344 e. The molecule has 20 heavy (non-hydrogen) atoms. The van der Waals surface area contributed by atoms with Gasteiger partial charge >= 0.3 is 5.97 Å². The van der Waals surface area contributed by atoms with Gasteiger partial charge in [-0.1, -0.05) is 26.2 Å². The van der Waals surface area contributed by atoms with Crippen molar-refractivity contribution < 1.29 is 9.53 Å². The second-order valence-corrected chi connectivity index (χ2v) is 6.13. The number of ether oxygens (including phenoxy) is 1. The van der Waals surface area contributed by atoms with Gasteiger partial charge in [0, 0.05) is 6.04 Å². The summed E-state index contributed by atoms with van der Waals surface area (Å²) >= 11 is 1.25. The quantitative estimate of drug-likeness (QED) is 0.658. The van der Waals surface area contributed by atoms with Crippen molar-refractivity contribution in [2.75, 3.05) is 17.7 Å². The Bertz CT molecular complexity index is 461. The average Bonchev–Trinajstić information content (AvgIpc) is 2.65. The standard InChI is InChI=1S/C14H23N3O2S/c1-3-19-14(18)11-12(15)17-20-13(11)16-10-8-6-4-5-7-9(10)2/h9-10,16H,3-8H2,1-2H3,(H2,15,17). The van der Waals surface area contributed by atoms with Gasteiger partial charge in [-0.2, -0.15) is 4.37 Å². The van der Waals surface area contributed by atoms with Crippen molar-refractivity contribution in [1.82, 2.24) is 4.37 Å². The zero-order chi connectivity index (χ0) is 14.5. The van der Waals surface area contributed by atoms with Gasteiger partial charge in [-0.25, -0.2) is 4.79 Å². The lowest BCUT2D eigenvalue weighted by molar-refractivity contribution is 0.0529. The molecule has 0 bridgehead atoms. The third-order valence-electron chi connectivity index (χ3n) is 3.88. The Balaban J connectivity index is 2.14. The van der Waals surface area contributed by atoms with Crippen LogP contribution in [0.1, 0.15) is 56.3 Å². The van der Waals surface area contributed by atoms with Crippen LogP contribution in [-0.4, -0.2) is 23.0 Å². The lowest BCUT2D eigenvalue weighted by Gasteiger charge is -2.23. The highest BCUT2D eigenvalue weighted by Gasteiger charge is 2.25. The Morgan fingerprint density at radius 3 is 2.95 bits per heavy atom. The number of anilines is 2. The minimum Gasteiger partial charge on any atom is -0.462 e. The topological polar surface area (TPSA) is 77.2 Å². The van der Waals surface area contributed by atoms with Crippen LogP contribution in [0.2, 0.25) is 0 Å². The molecule has 0 saturated heterocycles. The first-order valence-electron chi connectivity index (χ1n) is 7.32. The minimum absolute atomic E-state index is 0.261. The monoisotopic (exact) mass is 297 g/mol. The first kappa shape index (κ1) is 15.1. The Labute approximate surface area is 124 Å². The summed E-state index contributed by atoms with van der Waals surface area (Å²) < 4.78 is 9.15. The van der Waals surface area contributed by atoms with Gasteiger partial charge < -0.3 is 15.8 Å². The summed E-state index contributed by atoms with van der Waals surface area (Å²) in [5, 5.41) is 4.22. The van der Waals surface area contributed by atoms with E-state index < -0.39 is 0 Å². The Kier molecular flexibility index (Phi) is 5.23. The maximum absolute atomic E-state index is 12.0. The van der Waals surface area contributed by atoms with E-state index in [-0.39, 0.29) is 11.8 Å². The van der Waals surface area contributed by atoms with Gasteiger partial charge in [0.25, 0.3) is 0 Å². The van der Waals surface area contributed by atoms with Crippen LogP contribution >= 0.6 is 11.5 Å². The van der Waals surface area contributed by atoms with E-state index in [1.165, 1.54) is 37.2 Å². The molecule has 2 atom stereocenters. The van der Waals surface area contributed by atoms with Crippen molar-refractivity contribution in [2.45, 2.75) is 52.0 Å². The van der Waals surface area contributed by atoms with E-state index in [0.717, 1.165) is 11.4 Å². The molecule has 3 N–H and O–H groups in total. The number of hydrogen-bond donors (Lipinski definition) is 2. The Morgan fingerprint density at radius 1 is 1.45 bits per heavy atom. The molecule has 5 nitrogen and oxygen atoms in total. The number of esters is 1. The van der Waals surface area contributed by atoms with Crippen molar-refractivity contribution in [3.8, 4) is 0 Å². The van der Waals surface area contributed by atoms with Crippen LogP contribution in [-0.2, 0) is 4.74 Å². The highest BCUT2D eigenvalue weighted by Crippen LogP contribution is 2.32. The number of aromatic nitrogens is 1. The van der Waals surface area contributed by atoms with Gasteiger partial charge in [-0.15, -0.1) is 0 Å². The van der Waals surface area contributed by atoms with Crippen LogP contribution in [0.3, 0.4) is 0 Å². The number of hydrogen-bond acceptors (Lipinski definition) is 6. The van der Waals surface area contributed by atoms with Crippen molar-refractivity contribution in [3.63, 3.8) is 0 Å². The maximum atomic E-state index is 12.0. The summed E-state index contributed by atoms with van der Waals surface area (Å²) in [5.41, 5.74) is 6.20. The summed E-state index contributed by atoms with van der Waals surface area (Å²) in [6.07, 6.45) is 6.15. The number of carbonyl (C=O) groups excluding carboxylic acids is 1. The van der Waals surface area contributed by atoms with E-state index in [0.29, 0.717) is 24.1 Å². The van der Waals surface area contributed by atoms with Crippen LogP contribution in [0.4, 0.5) is 10.8 Å². The zero-order valence-electron chi connectivity index (χ0n) is 12.1. The molecule has 1 aromatic rings. The Morgan fingerprint density at radius 2 is 2.20 bits per heavy atom. The van der Waals surface area contributed by atoms with Crippen molar-refractivity contribution in [1.29, 1.82) is 0 Å². The number of nitrogens with one attached hydrogen (secondary N) is 1. The fourth-order valence-corrected chi connectivity index (χ4v) is 3.44. The van der Waals surface area contributed by atoms with E-state index in [4.69, 9.17) is 10.5 Å². The molecular formula is C14H23N3O2S. The molecule has 6 heteroatoms. The second-order valence-electron chi connectivity index (χ2n) is 5.36. The van der Waals surface area contributed by atoms with Crippen LogP contribution in [0.15, 0.2) is 0 Å². The second kappa shape index (κ2) is 6.92. The molecule has 0 spiro atoms. The normalized spacial score (nSPS) is 23.1. The van der Waals surface area contributed by atoms with Crippen LogP contribution in [0, 0.1) is 5.92 Å². The predicted octanol–water partition coefficient (Wildman–Crippen LogP) is 3.28. The fraction of sp³-hybridized carbons (Fsp3) is 0.714. The first-order chi connectivity index (χ1) is 9.63. The lowest BCUT2D eigenvalue weighted by Crippen LogP contribution is -2.26.